The summed E-state index contributed by atoms with van der Waals surface area (Å²) in [7, 11) is -4.05. The lowest BCUT2D eigenvalue weighted by molar-refractivity contribution is -0.0834. The fourth-order valence-electron chi connectivity index (χ4n) is 3.23. The minimum Gasteiger partial charge on any atom is -0.409 e. The van der Waals surface area contributed by atoms with E-state index in [-0.39, 0.29) is 31.3 Å². The predicted molar refractivity (Wildman–Crippen MR) is 129 cm³/mol. The topological polar surface area (TPSA) is 85.3 Å². The third-order valence-corrected chi connectivity index (χ3v) is 7.11. The van der Waals surface area contributed by atoms with Gasteiger partial charge < -0.3 is 13.8 Å². The van der Waals surface area contributed by atoms with Gasteiger partial charge in [0.25, 0.3) is 0 Å². The van der Waals surface area contributed by atoms with Crippen molar-refractivity contribution in [2.45, 2.75) is 39.3 Å². The zero-order valence-corrected chi connectivity index (χ0v) is 20.2. The number of nitrogens with zero attached hydrogens (tertiary/aromatic N) is 1. The Bertz CT molecular complexity index is 1010. The van der Waals surface area contributed by atoms with Crippen LogP contribution >= 0.6 is 7.60 Å². The smallest absolute Gasteiger partial charge is 0.409 e. The highest BCUT2D eigenvalue weighted by molar-refractivity contribution is 7.54. The predicted octanol–water partition coefficient (Wildman–Crippen LogP) is 6.88. The first kappa shape index (κ1) is 25.7. The van der Waals surface area contributed by atoms with E-state index >= 15 is 0 Å². The second-order valence-corrected chi connectivity index (χ2v) is 10.4. The van der Waals surface area contributed by atoms with Crippen LogP contribution in [-0.2, 0) is 26.8 Å². The molecule has 0 saturated carbocycles. The monoisotopic (exact) mass is 483 g/mol. The summed E-state index contributed by atoms with van der Waals surface area (Å²) in [6, 6.07) is 26.8. The molecule has 0 aliphatic rings. The van der Waals surface area contributed by atoms with Gasteiger partial charge in [0.05, 0.1) is 13.2 Å². The summed E-state index contributed by atoms with van der Waals surface area (Å²) >= 11 is 0. The van der Waals surface area contributed by atoms with Crippen LogP contribution in [0.1, 0.15) is 31.4 Å². The number of carbonyl (C=O) groups is 1. The molecule has 1 N–H and O–H groups in total. The maximum absolute atomic E-state index is 14.1. The molecule has 0 aromatic heterocycles. The molecule has 7 nitrogen and oxygen atoms in total. The minimum atomic E-state index is -4.05. The highest BCUT2D eigenvalue weighted by atomic mass is 31.2. The number of para-hydroxylation sites is 1. The quantitative estimate of drug-likeness (QED) is 0.182. The summed E-state index contributed by atoms with van der Waals surface area (Å²) in [4.78, 5) is 12.8. The summed E-state index contributed by atoms with van der Waals surface area (Å²) in [5.74, 6) is -1.05. The zero-order valence-electron chi connectivity index (χ0n) is 19.3. The lowest BCUT2D eigenvalue weighted by atomic mass is 10.1. The van der Waals surface area contributed by atoms with Gasteiger partial charge in [-0.3, -0.25) is 9.77 Å². The molecule has 8 heteroatoms. The number of hydrogen-bond donors (Lipinski definition) is 1. The molecule has 1 amide bonds. The molecule has 1 atom stereocenters. The maximum Gasteiger partial charge on any atom is 0.440 e. The van der Waals surface area contributed by atoms with Crippen LogP contribution in [-0.4, -0.2) is 22.1 Å². The van der Waals surface area contributed by atoms with Crippen molar-refractivity contribution in [2.75, 3.05) is 0 Å². The molecule has 0 heterocycles. The molecule has 3 rings (SSSR count). The molecule has 0 saturated heterocycles. The van der Waals surface area contributed by atoms with Crippen molar-refractivity contribution in [2.24, 2.45) is 5.92 Å². The van der Waals surface area contributed by atoms with Crippen molar-refractivity contribution < 1.29 is 28.4 Å². The summed E-state index contributed by atoms with van der Waals surface area (Å²) in [6.07, 6.45) is -0.898. The van der Waals surface area contributed by atoms with E-state index in [1.165, 1.54) is 0 Å². The zero-order chi connectivity index (χ0) is 24.4. The Morgan fingerprint density at radius 1 is 0.824 bits per heavy atom. The van der Waals surface area contributed by atoms with Gasteiger partial charge in [-0.05, 0) is 35.6 Å². The van der Waals surface area contributed by atoms with Gasteiger partial charge in [-0.15, -0.1) is 0 Å². The summed E-state index contributed by atoms with van der Waals surface area (Å²) < 4.78 is 31.1. The van der Waals surface area contributed by atoms with E-state index in [0.29, 0.717) is 5.06 Å². The van der Waals surface area contributed by atoms with Crippen molar-refractivity contribution >= 4 is 13.7 Å². The van der Waals surface area contributed by atoms with Crippen molar-refractivity contribution in [1.29, 1.82) is 0 Å². The Morgan fingerprint density at radius 2 is 1.26 bits per heavy atom. The van der Waals surface area contributed by atoms with Gasteiger partial charge in [-0.25, -0.2) is 4.79 Å². The number of hydroxylamine groups is 2. The largest absolute Gasteiger partial charge is 0.440 e. The average Bonchev–Trinajstić information content (AvgIpc) is 2.86. The number of hydrogen-bond acceptors (Lipinski definition) is 6. The van der Waals surface area contributed by atoms with Crippen LogP contribution in [0.2, 0.25) is 0 Å². The van der Waals surface area contributed by atoms with Gasteiger partial charge in [0.15, 0.2) is 5.78 Å². The third-order valence-electron chi connectivity index (χ3n) is 4.97. The fourth-order valence-corrected chi connectivity index (χ4v) is 5.35. The van der Waals surface area contributed by atoms with Gasteiger partial charge in [-0.1, -0.05) is 92.7 Å². The second-order valence-electron chi connectivity index (χ2n) is 8.19. The molecule has 0 fully saturated rings. The Hall–Kier alpha value is -2.96. The molecule has 34 heavy (non-hydrogen) atoms. The molecule has 0 aliphatic heterocycles. The summed E-state index contributed by atoms with van der Waals surface area (Å²) in [6.45, 7) is 3.76. The van der Waals surface area contributed by atoms with Crippen molar-refractivity contribution in [1.82, 2.24) is 5.06 Å². The third kappa shape index (κ3) is 7.54. The van der Waals surface area contributed by atoms with Gasteiger partial charge in [-0.2, -0.15) is 5.06 Å². The average molecular weight is 484 g/mol. The second kappa shape index (κ2) is 12.5. The number of amides is 1. The van der Waals surface area contributed by atoms with Crippen molar-refractivity contribution in [3.63, 3.8) is 0 Å². The van der Waals surface area contributed by atoms with E-state index in [2.05, 4.69) is 0 Å². The molecule has 3 aromatic carbocycles. The lowest BCUT2D eigenvalue weighted by Gasteiger charge is -2.32. The van der Waals surface area contributed by atoms with Gasteiger partial charge in [0.2, 0.25) is 0 Å². The minimum absolute atomic E-state index is 0.0108. The van der Waals surface area contributed by atoms with Crippen LogP contribution in [0.15, 0.2) is 91.0 Å². The molecule has 1 unspecified atom stereocenters. The molecular formula is C26H30NO6P. The molecule has 3 aromatic rings. The van der Waals surface area contributed by atoms with Gasteiger partial charge in [0.1, 0.15) is 5.75 Å². The van der Waals surface area contributed by atoms with E-state index in [0.717, 1.165) is 11.1 Å². The number of benzene rings is 3. The number of carbonyl (C=O) groups excluding carboxylic acids is 1. The maximum atomic E-state index is 14.1. The van der Waals surface area contributed by atoms with E-state index in [1.807, 2.05) is 74.5 Å². The van der Waals surface area contributed by atoms with Crippen LogP contribution in [0.25, 0.3) is 0 Å². The van der Waals surface area contributed by atoms with Gasteiger partial charge >= 0.3 is 13.7 Å². The van der Waals surface area contributed by atoms with E-state index in [4.69, 9.17) is 13.8 Å². The highest BCUT2D eigenvalue weighted by Crippen LogP contribution is 2.57. The highest BCUT2D eigenvalue weighted by Gasteiger charge is 2.44. The molecular weight excluding hydrogens is 453 g/mol. The first-order valence-electron chi connectivity index (χ1n) is 11.1. The Balaban J connectivity index is 1.86. The molecule has 0 bridgehead atoms. The Labute approximate surface area is 200 Å². The van der Waals surface area contributed by atoms with Gasteiger partial charge in [0, 0.05) is 0 Å². The Morgan fingerprint density at radius 3 is 1.71 bits per heavy atom. The van der Waals surface area contributed by atoms with Crippen LogP contribution in [0, 0.1) is 5.92 Å². The normalized spacial score (nSPS) is 12.4. The lowest BCUT2D eigenvalue weighted by Crippen LogP contribution is -2.41. The standard InChI is InChI=1S/C26H30NO6P/c1-21(2)18-25(27(29)26(28)33-24-16-10-5-11-17-24)34(30,31-19-22-12-6-3-7-13-22)32-20-23-14-8-4-9-15-23/h3-17,21,25,29H,18-20H2,1-2H3. The van der Waals surface area contributed by atoms with Crippen molar-refractivity contribution in [3.05, 3.63) is 102 Å². The number of rotatable bonds is 11. The first-order chi connectivity index (χ1) is 16.4. The first-order valence-corrected chi connectivity index (χ1v) is 12.7. The molecule has 0 radical (unpaired) electrons. The van der Waals surface area contributed by atoms with E-state index in [1.54, 1.807) is 30.3 Å². The van der Waals surface area contributed by atoms with Crippen LogP contribution in [0.4, 0.5) is 4.79 Å². The SMILES string of the molecule is CC(C)CC(N(O)C(=O)Oc1ccccc1)P(=O)(OCc1ccccc1)OCc1ccccc1. The van der Waals surface area contributed by atoms with Crippen LogP contribution < -0.4 is 4.74 Å². The molecule has 0 aliphatic carbocycles. The van der Waals surface area contributed by atoms with E-state index < -0.39 is 19.5 Å². The summed E-state index contributed by atoms with van der Waals surface area (Å²) in [5.41, 5.74) is 1.57. The van der Waals surface area contributed by atoms with Crippen LogP contribution in [0.3, 0.4) is 0 Å². The number of ether oxygens (including phenoxy) is 1. The molecule has 0 spiro atoms. The van der Waals surface area contributed by atoms with Crippen molar-refractivity contribution in [3.8, 4) is 5.75 Å². The van der Waals surface area contributed by atoms with Crippen LogP contribution in [0.5, 0.6) is 5.75 Å². The fraction of sp³-hybridized carbons (Fsp3) is 0.269. The summed E-state index contributed by atoms with van der Waals surface area (Å²) in [5, 5.41) is 11.2. The molecule has 180 valence electrons. The Kier molecular flexibility index (Phi) is 9.42. The van der Waals surface area contributed by atoms with E-state index in [9.17, 15) is 14.6 Å².